The van der Waals surface area contributed by atoms with Crippen molar-refractivity contribution in [2.75, 3.05) is 0 Å². The molecule has 0 radical (unpaired) electrons. The second kappa shape index (κ2) is 6.05. The second-order valence-electron chi connectivity index (χ2n) is 3.87. The van der Waals surface area contributed by atoms with Crippen molar-refractivity contribution in [3.8, 4) is 0 Å². The molecule has 0 fully saturated rings. The van der Waals surface area contributed by atoms with Gasteiger partial charge in [0.15, 0.2) is 0 Å². The summed E-state index contributed by atoms with van der Waals surface area (Å²) < 4.78 is 0. The van der Waals surface area contributed by atoms with Gasteiger partial charge in [-0.15, -0.1) is 0 Å². The highest BCUT2D eigenvalue weighted by Crippen LogP contribution is 2.05. The Labute approximate surface area is 95.9 Å². The maximum atomic E-state index is 11.6. The molecular formula is C13H17NO2. The standard InChI is InChI=1S/C13H17NO2/c1-3-7-10(2)12(15)14-13(16)11-8-5-4-6-9-11/h4-6,8-10H,3,7H2,1-2H3,(H,14,15,16). The molecule has 0 heterocycles. The molecule has 0 saturated heterocycles. The summed E-state index contributed by atoms with van der Waals surface area (Å²) in [5.74, 6) is -0.637. The van der Waals surface area contributed by atoms with E-state index in [0.29, 0.717) is 5.56 Å². The van der Waals surface area contributed by atoms with Gasteiger partial charge < -0.3 is 0 Å². The minimum absolute atomic E-state index is 0.113. The average Bonchev–Trinajstić information content (AvgIpc) is 2.30. The van der Waals surface area contributed by atoms with E-state index >= 15 is 0 Å². The molecule has 3 nitrogen and oxygen atoms in total. The lowest BCUT2D eigenvalue weighted by Crippen LogP contribution is -2.34. The van der Waals surface area contributed by atoms with E-state index in [4.69, 9.17) is 0 Å². The minimum Gasteiger partial charge on any atom is -0.292 e. The maximum Gasteiger partial charge on any atom is 0.257 e. The Hall–Kier alpha value is -1.64. The van der Waals surface area contributed by atoms with E-state index in [9.17, 15) is 9.59 Å². The number of hydrogen-bond acceptors (Lipinski definition) is 2. The highest BCUT2D eigenvalue weighted by molar-refractivity contribution is 6.05. The third-order valence-electron chi connectivity index (χ3n) is 2.44. The van der Waals surface area contributed by atoms with Gasteiger partial charge in [-0.25, -0.2) is 0 Å². The van der Waals surface area contributed by atoms with E-state index < -0.39 is 0 Å². The zero-order valence-corrected chi connectivity index (χ0v) is 9.69. The number of carbonyl (C=O) groups is 2. The second-order valence-corrected chi connectivity index (χ2v) is 3.87. The lowest BCUT2D eigenvalue weighted by molar-refractivity contribution is -0.123. The summed E-state index contributed by atoms with van der Waals surface area (Å²) in [4.78, 5) is 23.2. The van der Waals surface area contributed by atoms with E-state index in [1.54, 1.807) is 24.3 Å². The summed E-state index contributed by atoms with van der Waals surface area (Å²) in [7, 11) is 0. The van der Waals surface area contributed by atoms with Gasteiger partial charge in [0.2, 0.25) is 5.91 Å². The number of carbonyl (C=O) groups excluding carboxylic acids is 2. The Bertz CT molecular complexity index is 359. The normalized spacial score (nSPS) is 11.9. The van der Waals surface area contributed by atoms with E-state index in [1.807, 2.05) is 19.9 Å². The first-order valence-electron chi connectivity index (χ1n) is 5.55. The summed E-state index contributed by atoms with van der Waals surface area (Å²) in [6.07, 6.45) is 1.74. The summed E-state index contributed by atoms with van der Waals surface area (Å²) in [5.41, 5.74) is 0.513. The fourth-order valence-electron chi connectivity index (χ4n) is 1.46. The number of imide groups is 1. The Morgan fingerprint density at radius 1 is 1.25 bits per heavy atom. The molecule has 86 valence electrons. The third-order valence-corrected chi connectivity index (χ3v) is 2.44. The van der Waals surface area contributed by atoms with Crippen LogP contribution in [0.15, 0.2) is 30.3 Å². The Kier molecular flexibility index (Phi) is 4.70. The molecule has 1 aromatic rings. The summed E-state index contributed by atoms with van der Waals surface area (Å²) >= 11 is 0. The van der Waals surface area contributed by atoms with Crippen molar-refractivity contribution in [1.29, 1.82) is 0 Å². The van der Waals surface area contributed by atoms with Crippen LogP contribution in [0, 0.1) is 5.92 Å². The summed E-state index contributed by atoms with van der Waals surface area (Å²) in [6, 6.07) is 8.75. The highest BCUT2D eigenvalue weighted by Gasteiger charge is 2.15. The van der Waals surface area contributed by atoms with Gasteiger partial charge in [-0.1, -0.05) is 38.5 Å². The highest BCUT2D eigenvalue weighted by atomic mass is 16.2. The van der Waals surface area contributed by atoms with Crippen molar-refractivity contribution in [3.05, 3.63) is 35.9 Å². The zero-order valence-electron chi connectivity index (χ0n) is 9.69. The van der Waals surface area contributed by atoms with E-state index in [-0.39, 0.29) is 17.7 Å². The maximum absolute atomic E-state index is 11.6. The van der Waals surface area contributed by atoms with Crippen molar-refractivity contribution in [3.63, 3.8) is 0 Å². The van der Waals surface area contributed by atoms with Gasteiger partial charge in [0, 0.05) is 11.5 Å². The minimum atomic E-state index is -0.325. The molecule has 1 unspecified atom stereocenters. The predicted molar refractivity (Wildman–Crippen MR) is 63.0 cm³/mol. The van der Waals surface area contributed by atoms with Crippen molar-refractivity contribution in [2.24, 2.45) is 5.92 Å². The molecule has 1 aromatic carbocycles. The molecule has 0 bridgehead atoms. The van der Waals surface area contributed by atoms with E-state index in [1.165, 1.54) is 0 Å². The largest absolute Gasteiger partial charge is 0.292 e. The summed E-state index contributed by atoms with van der Waals surface area (Å²) in [5, 5.41) is 2.40. The van der Waals surface area contributed by atoms with Crippen LogP contribution in [-0.4, -0.2) is 11.8 Å². The van der Waals surface area contributed by atoms with Crippen LogP contribution in [0.5, 0.6) is 0 Å². The molecule has 0 spiro atoms. The quantitative estimate of drug-likeness (QED) is 0.845. The van der Waals surface area contributed by atoms with Gasteiger partial charge in [-0.05, 0) is 18.6 Å². The van der Waals surface area contributed by atoms with Crippen LogP contribution in [0.3, 0.4) is 0 Å². The molecular weight excluding hydrogens is 202 g/mol. The van der Waals surface area contributed by atoms with Crippen LogP contribution in [0.4, 0.5) is 0 Å². The van der Waals surface area contributed by atoms with Gasteiger partial charge in [0.05, 0.1) is 0 Å². The van der Waals surface area contributed by atoms with Crippen LogP contribution in [0.1, 0.15) is 37.0 Å². The predicted octanol–water partition coefficient (Wildman–Crippen LogP) is 2.38. The smallest absolute Gasteiger partial charge is 0.257 e. The Morgan fingerprint density at radius 3 is 2.44 bits per heavy atom. The molecule has 0 saturated carbocycles. The molecule has 1 atom stereocenters. The molecule has 1 N–H and O–H groups in total. The average molecular weight is 219 g/mol. The number of rotatable bonds is 4. The van der Waals surface area contributed by atoms with Gasteiger partial charge in [-0.2, -0.15) is 0 Å². The number of amides is 2. The van der Waals surface area contributed by atoms with E-state index in [0.717, 1.165) is 12.8 Å². The summed E-state index contributed by atoms with van der Waals surface area (Å²) in [6.45, 7) is 3.85. The molecule has 0 aliphatic carbocycles. The van der Waals surface area contributed by atoms with Crippen molar-refractivity contribution in [1.82, 2.24) is 5.32 Å². The van der Waals surface area contributed by atoms with Crippen LogP contribution >= 0.6 is 0 Å². The molecule has 16 heavy (non-hydrogen) atoms. The SMILES string of the molecule is CCCC(C)C(=O)NC(=O)c1ccccc1. The fourth-order valence-corrected chi connectivity index (χ4v) is 1.46. The van der Waals surface area contributed by atoms with Gasteiger partial charge in [0.1, 0.15) is 0 Å². The molecule has 2 amide bonds. The van der Waals surface area contributed by atoms with E-state index in [2.05, 4.69) is 5.32 Å². The molecule has 3 heteroatoms. The van der Waals surface area contributed by atoms with Gasteiger partial charge >= 0.3 is 0 Å². The lowest BCUT2D eigenvalue weighted by Gasteiger charge is -2.09. The monoisotopic (exact) mass is 219 g/mol. The Morgan fingerprint density at radius 2 is 1.88 bits per heavy atom. The lowest BCUT2D eigenvalue weighted by atomic mass is 10.1. The molecule has 0 aromatic heterocycles. The van der Waals surface area contributed by atoms with Crippen LogP contribution < -0.4 is 5.32 Å². The van der Waals surface area contributed by atoms with Crippen LogP contribution in [0.25, 0.3) is 0 Å². The first-order chi connectivity index (χ1) is 7.65. The third kappa shape index (κ3) is 3.50. The van der Waals surface area contributed by atoms with Crippen LogP contribution in [-0.2, 0) is 4.79 Å². The Balaban J connectivity index is 2.55. The van der Waals surface area contributed by atoms with Gasteiger partial charge in [-0.3, -0.25) is 14.9 Å². The van der Waals surface area contributed by atoms with Crippen molar-refractivity contribution >= 4 is 11.8 Å². The van der Waals surface area contributed by atoms with Crippen LogP contribution in [0.2, 0.25) is 0 Å². The first kappa shape index (κ1) is 12.4. The molecule has 0 aliphatic rings. The molecule has 1 rings (SSSR count). The van der Waals surface area contributed by atoms with Crippen molar-refractivity contribution in [2.45, 2.75) is 26.7 Å². The number of hydrogen-bond donors (Lipinski definition) is 1. The number of nitrogens with one attached hydrogen (secondary N) is 1. The molecule has 0 aliphatic heterocycles. The fraction of sp³-hybridized carbons (Fsp3) is 0.385. The number of benzene rings is 1. The zero-order chi connectivity index (χ0) is 12.0. The van der Waals surface area contributed by atoms with Crippen molar-refractivity contribution < 1.29 is 9.59 Å². The topological polar surface area (TPSA) is 46.2 Å². The van der Waals surface area contributed by atoms with Gasteiger partial charge in [0.25, 0.3) is 5.91 Å². The first-order valence-corrected chi connectivity index (χ1v) is 5.55.